The lowest BCUT2D eigenvalue weighted by molar-refractivity contribution is -0.384. The van der Waals surface area contributed by atoms with E-state index in [1.165, 1.54) is 36.4 Å². The molecule has 0 aliphatic rings. The standard InChI is InChI=1S/C16H10F3N3O2/c17-16(18,19)21-10-14(11-6-8-13(9-7-11)22(23)24)20-15(21)12-4-2-1-3-5-12/h1-10H. The Kier molecular flexibility index (Phi) is 3.80. The molecule has 0 N–H and O–H groups in total. The van der Waals surface area contributed by atoms with E-state index in [4.69, 9.17) is 0 Å². The minimum Gasteiger partial charge on any atom is -0.258 e. The summed E-state index contributed by atoms with van der Waals surface area (Å²) in [5.41, 5.74) is 0.627. The van der Waals surface area contributed by atoms with Crippen LogP contribution >= 0.6 is 0 Å². The Bertz CT molecular complexity index is 872. The molecule has 0 unspecified atom stereocenters. The van der Waals surface area contributed by atoms with E-state index in [9.17, 15) is 23.3 Å². The molecular formula is C16H10F3N3O2. The van der Waals surface area contributed by atoms with Crippen LogP contribution in [0.2, 0.25) is 0 Å². The Morgan fingerprint density at radius 2 is 1.58 bits per heavy atom. The van der Waals surface area contributed by atoms with Crippen LogP contribution in [-0.4, -0.2) is 14.5 Å². The summed E-state index contributed by atoms with van der Waals surface area (Å²) in [5.74, 6) is -0.239. The number of aromatic nitrogens is 2. The topological polar surface area (TPSA) is 61.0 Å². The zero-order valence-corrected chi connectivity index (χ0v) is 12.1. The second-order valence-electron chi connectivity index (χ2n) is 4.96. The fourth-order valence-electron chi connectivity index (χ4n) is 2.26. The Balaban J connectivity index is 2.10. The first-order valence-corrected chi connectivity index (χ1v) is 6.83. The predicted octanol–water partition coefficient (Wildman–Crippen LogP) is 4.60. The van der Waals surface area contributed by atoms with E-state index in [-0.39, 0.29) is 21.8 Å². The first-order valence-electron chi connectivity index (χ1n) is 6.83. The van der Waals surface area contributed by atoms with Crippen LogP contribution in [0.5, 0.6) is 0 Å². The summed E-state index contributed by atoms with van der Waals surface area (Å²) >= 11 is 0. The minimum absolute atomic E-state index is 0.0843. The van der Waals surface area contributed by atoms with Crippen LogP contribution in [0.15, 0.2) is 60.8 Å². The molecule has 0 bridgehead atoms. The number of rotatable bonds is 3. The molecule has 3 aromatic rings. The number of nitro benzene ring substituents is 1. The van der Waals surface area contributed by atoms with Crippen molar-refractivity contribution in [2.24, 2.45) is 0 Å². The predicted molar refractivity (Wildman–Crippen MR) is 81.1 cm³/mol. The van der Waals surface area contributed by atoms with E-state index in [1.807, 2.05) is 0 Å². The summed E-state index contributed by atoms with van der Waals surface area (Å²) in [7, 11) is 0. The molecule has 0 saturated heterocycles. The zero-order chi connectivity index (χ0) is 17.3. The second kappa shape index (κ2) is 5.80. The molecule has 0 fully saturated rings. The molecule has 0 aliphatic carbocycles. The number of nitrogens with zero attached hydrogens (tertiary/aromatic N) is 3. The Morgan fingerprint density at radius 3 is 2.12 bits per heavy atom. The number of hydrogen-bond donors (Lipinski definition) is 0. The lowest BCUT2D eigenvalue weighted by Gasteiger charge is -2.10. The molecule has 1 heterocycles. The van der Waals surface area contributed by atoms with Gasteiger partial charge in [0.2, 0.25) is 0 Å². The highest BCUT2D eigenvalue weighted by Gasteiger charge is 2.34. The number of hydrogen-bond acceptors (Lipinski definition) is 3. The maximum Gasteiger partial charge on any atom is 0.490 e. The molecule has 0 aliphatic heterocycles. The minimum atomic E-state index is -4.63. The maximum absolute atomic E-state index is 13.3. The zero-order valence-electron chi connectivity index (χ0n) is 12.1. The van der Waals surface area contributed by atoms with Gasteiger partial charge in [0.15, 0.2) is 0 Å². The number of non-ortho nitro benzene ring substituents is 1. The van der Waals surface area contributed by atoms with Crippen molar-refractivity contribution >= 4 is 5.69 Å². The lowest BCUT2D eigenvalue weighted by Crippen LogP contribution is -2.16. The summed E-state index contributed by atoms with van der Waals surface area (Å²) in [6.45, 7) is 0. The van der Waals surface area contributed by atoms with Gasteiger partial charge >= 0.3 is 6.30 Å². The highest BCUT2D eigenvalue weighted by atomic mass is 19.4. The third-order valence-corrected chi connectivity index (χ3v) is 3.38. The van der Waals surface area contributed by atoms with Gasteiger partial charge in [0.1, 0.15) is 5.82 Å². The average Bonchev–Trinajstić information content (AvgIpc) is 3.01. The quantitative estimate of drug-likeness (QED) is 0.520. The number of imidazole rings is 1. The van der Waals surface area contributed by atoms with Gasteiger partial charge in [-0.15, -0.1) is 13.2 Å². The Hall–Kier alpha value is -3.16. The fraction of sp³-hybridized carbons (Fsp3) is 0.0625. The third kappa shape index (κ3) is 2.98. The number of halogens is 3. The monoisotopic (exact) mass is 333 g/mol. The van der Waals surface area contributed by atoms with Crippen molar-refractivity contribution in [3.8, 4) is 22.6 Å². The van der Waals surface area contributed by atoms with Crippen LogP contribution in [0.4, 0.5) is 18.9 Å². The molecule has 0 atom stereocenters. The Labute approximate surface area is 134 Å². The van der Waals surface area contributed by atoms with Crippen LogP contribution < -0.4 is 0 Å². The summed E-state index contributed by atoms with van der Waals surface area (Å²) in [5, 5.41) is 10.7. The lowest BCUT2D eigenvalue weighted by atomic mass is 10.1. The van der Waals surface area contributed by atoms with Crippen LogP contribution in [0.25, 0.3) is 22.6 Å². The molecule has 1 aromatic heterocycles. The number of benzene rings is 2. The fourth-order valence-corrected chi connectivity index (χ4v) is 2.26. The van der Waals surface area contributed by atoms with Crippen molar-refractivity contribution in [1.82, 2.24) is 9.55 Å². The van der Waals surface area contributed by atoms with Crippen molar-refractivity contribution in [1.29, 1.82) is 0 Å². The van der Waals surface area contributed by atoms with Gasteiger partial charge in [-0.25, -0.2) is 9.55 Å². The van der Waals surface area contributed by atoms with Crippen molar-refractivity contribution in [3.63, 3.8) is 0 Å². The first kappa shape index (κ1) is 15.7. The highest BCUT2D eigenvalue weighted by Crippen LogP contribution is 2.33. The molecule has 122 valence electrons. The highest BCUT2D eigenvalue weighted by molar-refractivity contribution is 5.66. The molecule has 2 aromatic carbocycles. The van der Waals surface area contributed by atoms with E-state index in [1.54, 1.807) is 18.2 Å². The van der Waals surface area contributed by atoms with Gasteiger partial charge in [-0.3, -0.25) is 10.1 Å². The maximum atomic E-state index is 13.3. The SMILES string of the molecule is O=[N+]([O-])c1ccc(-c2cn(C(F)(F)F)c(-c3ccccc3)n2)cc1. The van der Waals surface area contributed by atoms with Gasteiger partial charge in [0, 0.05) is 29.5 Å². The van der Waals surface area contributed by atoms with E-state index in [2.05, 4.69) is 4.98 Å². The van der Waals surface area contributed by atoms with Gasteiger partial charge in [0.05, 0.1) is 10.6 Å². The van der Waals surface area contributed by atoms with E-state index in [0.717, 1.165) is 6.20 Å². The largest absolute Gasteiger partial charge is 0.490 e. The molecule has 0 amide bonds. The molecule has 0 radical (unpaired) electrons. The van der Waals surface area contributed by atoms with E-state index >= 15 is 0 Å². The van der Waals surface area contributed by atoms with Crippen LogP contribution in [0, 0.1) is 10.1 Å². The van der Waals surface area contributed by atoms with Gasteiger partial charge in [-0.2, -0.15) is 0 Å². The van der Waals surface area contributed by atoms with Crippen LogP contribution in [0.1, 0.15) is 0 Å². The smallest absolute Gasteiger partial charge is 0.258 e. The number of nitro groups is 1. The summed E-state index contributed by atoms with van der Waals surface area (Å²) < 4.78 is 39.9. The number of alkyl halides is 3. The normalized spacial score (nSPS) is 11.5. The molecule has 0 spiro atoms. The average molecular weight is 333 g/mol. The summed E-state index contributed by atoms with van der Waals surface area (Å²) in [6, 6.07) is 13.2. The molecule has 5 nitrogen and oxygen atoms in total. The molecular weight excluding hydrogens is 323 g/mol. The van der Waals surface area contributed by atoms with E-state index in [0.29, 0.717) is 11.1 Å². The van der Waals surface area contributed by atoms with Crippen molar-refractivity contribution in [2.75, 3.05) is 0 Å². The summed E-state index contributed by atoms with van der Waals surface area (Å²) in [4.78, 5) is 14.1. The first-order chi connectivity index (χ1) is 11.4. The van der Waals surface area contributed by atoms with E-state index < -0.39 is 11.2 Å². The van der Waals surface area contributed by atoms with Crippen LogP contribution in [0.3, 0.4) is 0 Å². The Morgan fingerprint density at radius 1 is 0.958 bits per heavy atom. The summed E-state index contributed by atoms with van der Waals surface area (Å²) in [6.07, 6.45) is -3.75. The van der Waals surface area contributed by atoms with Crippen LogP contribution in [-0.2, 0) is 6.30 Å². The van der Waals surface area contributed by atoms with Crippen molar-refractivity contribution in [3.05, 3.63) is 70.9 Å². The molecule has 24 heavy (non-hydrogen) atoms. The van der Waals surface area contributed by atoms with Gasteiger partial charge < -0.3 is 0 Å². The molecule has 0 saturated carbocycles. The molecule has 3 rings (SSSR count). The van der Waals surface area contributed by atoms with Crippen molar-refractivity contribution < 1.29 is 18.1 Å². The molecule has 8 heteroatoms. The van der Waals surface area contributed by atoms with Gasteiger partial charge in [0.25, 0.3) is 5.69 Å². The van der Waals surface area contributed by atoms with Crippen molar-refractivity contribution in [2.45, 2.75) is 6.30 Å². The third-order valence-electron chi connectivity index (χ3n) is 3.38. The second-order valence-corrected chi connectivity index (χ2v) is 4.96. The van der Waals surface area contributed by atoms with Gasteiger partial charge in [-0.05, 0) is 12.1 Å². The van der Waals surface area contributed by atoms with Gasteiger partial charge in [-0.1, -0.05) is 30.3 Å².